The zero-order valence-electron chi connectivity index (χ0n) is 14.5. The molecule has 0 bridgehead atoms. The summed E-state index contributed by atoms with van der Waals surface area (Å²) in [5.41, 5.74) is 0.333. The molecule has 0 aliphatic rings. The first-order valence-electron chi connectivity index (χ1n) is 7.95. The van der Waals surface area contributed by atoms with Crippen molar-refractivity contribution < 1.29 is 14.3 Å². The van der Waals surface area contributed by atoms with Crippen LogP contribution in [-0.2, 0) is 16.1 Å². The van der Waals surface area contributed by atoms with Crippen LogP contribution in [0.2, 0.25) is 0 Å². The number of ether oxygens (including phenoxy) is 1. The average Bonchev–Trinajstić information content (AvgIpc) is 3.00. The zero-order valence-corrected chi connectivity index (χ0v) is 15.3. The summed E-state index contributed by atoms with van der Waals surface area (Å²) in [4.78, 5) is 36.0. The topological polar surface area (TPSA) is 118 Å². The first kappa shape index (κ1) is 19.7. The Bertz CT molecular complexity index is 789. The molecule has 0 unspecified atom stereocenters. The number of nitrogens with one attached hydrogen (secondary N) is 3. The van der Waals surface area contributed by atoms with Crippen molar-refractivity contribution in [1.82, 2.24) is 25.4 Å². The summed E-state index contributed by atoms with van der Waals surface area (Å²) in [6.07, 6.45) is 0.629. The number of aromatic amines is 1. The van der Waals surface area contributed by atoms with Crippen LogP contribution in [-0.4, -0.2) is 47.5 Å². The van der Waals surface area contributed by atoms with Crippen LogP contribution in [0.4, 0.5) is 4.79 Å². The van der Waals surface area contributed by atoms with Crippen molar-refractivity contribution in [2.24, 2.45) is 0 Å². The van der Waals surface area contributed by atoms with Gasteiger partial charge in [-0.2, -0.15) is 0 Å². The molecule has 0 aliphatic carbocycles. The third kappa shape index (κ3) is 5.20. The van der Waals surface area contributed by atoms with Crippen molar-refractivity contribution in [3.8, 4) is 0 Å². The van der Waals surface area contributed by atoms with Crippen LogP contribution in [0.15, 0.2) is 40.3 Å². The molecule has 2 aromatic rings. The third-order valence-corrected chi connectivity index (χ3v) is 4.73. The van der Waals surface area contributed by atoms with E-state index >= 15 is 0 Å². The van der Waals surface area contributed by atoms with Gasteiger partial charge in [0.15, 0.2) is 5.16 Å². The summed E-state index contributed by atoms with van der Waals surface area (Å²) >= 11 is 1.10. The molecule has 0 radical (unpaired) electrons. The van der Waals surface area contributed by atoms with E-state index in [0.29, 0.717) is 30.3 Å². The molecule has 10 heteroatoms. The van der Waals surface area contributed by atoms with Crippen LogP contribution in [0.25, 0.3) is 0 Å². The highest BCUT2D eigenvalue weighted by Gasteiger charge is 2.26. The van der Waals surface area contributed by atoms with Gasteiger partial charge in [-0.05, 0) is 12.0 Å². The van der Waals surface area contributed by atoms with E-state index < -0.39 is 17.2 Å². The number of carbonyl (C=O) groups excluding carboxylic acids is 2. The largest absolute Gasteiger partial charge is 0.385 e. The fourth-order valence-corrected chi connectivity index (χ4v) is 3.27. The lowest BCUT2D eigenvalue weighted by atomic mass is 10.1. The molecule has 0 aliphatic heterocycles. The minimum atomic E-state index is -0.745. The summed E-state index contributed by atoms with van der Waals surface area (Å²) in [6.45, 7) is 0.908. The van der Waals surface area contributed by atoms with Crippen LogP contribution in [0.5, 0.6) is 0 Å². The Labute approximate surface area is 154 Å². The number of amides is 3. The van der Waals surface area contributed by atoms with Gasteiger partial charge in [0.25, 0.3) is 0 Å². The highest BCUT2D eigenvalue weighted by Crippen LogP contribution is 2.33. The molecule has 1 atom stereocenters. The minimum Gasteiger partial charge on any atom is -0.385 e. The number of urea groups is 1. The van der Waals surface area contributed by atoms with Crippen molar-refractivity contribution in [1.29, 1.82) is 0 Å². The van der Waals surface area contributed by atoms with Crippen molar-refractivity contribution in [2.75, 3.05) is 20.8 Å². The number of H-pyrrole nitrogens is 1. The van der Waals surface area contributed by atoms with Crippen molar-refractivity contribution in [2.45, 2.75) is 23.4 Å². The number of hydrogen-bond acceptors (Lipinski definition) is 6. The van der Waals surface area contributed by atoms with Crippen LogP contribution in [0, 0.1) is 0 Å². The molecule has 0 fully saturated rings. The molecular formula is C16H21N5O4S. The first-order valence-corrected chi connectivity index (χ1v) is 8.83. The number of carbonyl (C=O) groups is 2. The number of imide groups is 1. The van der Waals surface area contributed by atoms with Gasteiger partial charge in [0, 0.05) is 27.3 Å². The van der Waals surface area contributed by atoms with Gasteiger partial charge >= 0.3 is 11.7 Å². The molecule has 9 nitrogen and oxygen atoms in total. The summed E-state index contributed by atoms with van der Waals surface area (Å²) < 4.78 is 6.45. The quantitative estimate of drug-likeness (QED) is 0.463. The lowest BCUT2D eigenvalue weighted by molar-refractivity contribution is -0.119. The Morgan fingerprint density at radius 3 is 2.73 bits per heavy atom. The Hall–Kier alpha value is -2.59. The maximum Gasteiger partial charge on any atom is 0.343 e. The Balaban J connectivity index is 2.26. The molecule has 1 aromatic carbocycles. The smallest absolute Gasteiger partial charge is 0.343 e. The molecular weight excluding hydrogens is 358 g/mol. The van der Waals surface area contributed by atoms with Gasteiger partial charge in [-0.1, -0.05) is 42.1 Å². The predicted molar refractivity (Wildman–Crippen MR) is 97.0 cm³/mol. The van der Waals surface area contributed by atoms with Crippen LogP contribution in [0.1, 0.15) is 17.2 Å². The van der Waals surface area contributed by atoms with E-state index in [9.17, 15) is 14.4 Å². The maximum atomic E-state index is 12.6. The fraction of sp³-hybridized carbons (Fsp3) is 0.375. The van der Waals surface area contributed by atoms with Crippen molar-refractivity contribution in [3.05, 3.63) is 46.4 Å². The molecule has 0 saturated carbocycles. The normalized spacial score (nSPS) is 11.8. The van der Waals surface area contributed by atoms with E-state index in [-0.39, 0.29) is 5.69 Å². The SMILES string of the molecule is CNC(=O)NC(=O)[C@H](Sc1n[nH]c(=O)n1CCCOC)c1ccccc1. The van der Waals surface area contributed by atoms with Crippen LogP contribution >= 0.6 is 11.8 Å². The fourth-order valence-electron chi connectivity index (χ4n) is 2.20. The van der Waals surface area contributed by atoms with Crippen molar-refractivity contribution in [3.63, 3.8) is 0 Å². The molecule has 140 valence electrons. The molecule has 0 saturated heterocycles. The first-order chi connectivity index (χ1) is 12.6. The van der Waals surface area contributed by atoms with Crippen LogP contribution in [0.3, 0.4) is 0 Å². The molecule has 0 spiro atoms. The van der Waals surface area contributed by atoms with Crippen LogP contribution < -0.4 is 16.3 Å². The summed E-state index contributed by atoms with van der Waals surface area (Å²) in [5, 5.41) is 10.6. The van der Waals surface area contributed by atoms with Gasteiger partial charge in [-0.3, -0.25) is 14.7 Å². The third-order valence-electron chi connectivity index (χ3n) is 3.48. The summed E-state index contributed by atoms with van der Waals surface area (Å²) in [6, 6.07) is 8.38. The summed E-state index contributed by atoms with van der Waals surface area (Å²) in [5.74, 6) is -0.501. The molecule has 2 rings (SSSR count). The summed E-state index contributed by atoms with van der Waals surface area (Å²) in [7, 11) is 3.01. The number of methoxy groups -OCH3 is 1. The monoisotopic (exact) mass is 379 g/mol. The maximum absolute atomic E-state index is 12.6. The van der Waals surface area contributed by atoms with Gasteiger partial charge in [-0.25, -0.2) is 14.7 Å². The molecule has 3 N–H and O–H groups in total. The zero-order chi connectivity index (χ0) is 18.9. The Morgan fingerprint density at radius 1 is 1.35 bits per heavy atom. The second kappa shape index (κ2) is 9.78. The number of nitrogens with zero attached hydrogens (tertiary/aromatic N) is 2. The van der Waals surface area contributed by atoms with Gasteiger partial charge in [0.05, 0.1) is 0 Å². The van der Waals surface area contributed by atoms with Gasteiger partial charge in [0.2, 0.25) is 5.91 Å². The number of benzene rings is 1. The van der Waals surface area contributed by atoms with E-state index in [0.717, 1.165) is 11.8 Å². The molecule has 3 amide bonds. The molecule has 1 heterocycles. The van der Waals surface area contributed by atoms with E-state index in [1.165, 1.54) is 11.6 Å². The van der Waals surface area contributed by atoms with Gasteiger partial charge in [-0.15, -0.1) is 5.10 Å². The van der Waals surface area contributed by atoms with E-state index in [4.69, 9.17) is 4.74 Å². The van der Waals surface area contributed by atoms with Gasteiger partial charge < -0.3 is 10.1 Å². The second-order valence-electron chi connectivity index (χ2n) is 5.29. The number of thioether (sulfide) groups is 1. The lowest BCUT2D eigenvalue weighted by Crippen LogP contribution is -2.39. The highest BCUT2D eigenvalue weighted by molar-refractivity contribution is 8.00. The lowest BCUT2D eigenvalue weighted by Gasteiger charge is -2.16. The number of aromatic nitrogens is 3. The Kier molecular flexibility index (Phi) is 7.42. The number of rotatable bonds is 8. The molecule has 26 heavy (non-hydrogen) atoms. The van der Waals surface area contributed by atoms with E-state index in [1.807, 2.05) is 6.07 Å². The molecule has 1 aromatic heterocycles. The van der Waals surface area contributed by atoms with Crippen molar-refractivity contribution >= 4 is 23.7 Å². The average molecular weight is 379 g/mol. The number of hydrogen-bond donors (Lipinski definition) is 3. The Morgan fingerprint density at radius 2 is 2.08 bits per heavy atom. The predicted octanol–water partition coefficient (Wildman–Crippen LogP) is 0.897. The standard InChI is InChI=1S/C16H21N5O4S/c1-17-14(23)18-13(22)12(11-7-4-3-5-8-11)26-16-20-19-15(24)21(16)9-6-10-25-2/h3-5,7-8,12H,6,9-10H2,1-2H3,(H,19,24)(H2,17,18,22,23)/t12-/m1/s1. The van der Waals surface area contributed by atoms with E-state index in [1.54, 1.807) is 31.4 Å². The van der Waals surface area contributed by atoms with E-state index in [2.05, 4.69) is 20.8 Å². The van der Waals surface area contributed by atoms with Gasteiger partial charge in [0.1, 0.15) is 5.25 Å². The minimum absolute atomic E-state index is 0.359. The second-order valence-corrected chi connectivity index (χ2v) is 6.36. The highest BCUT2D eigenvalue weighted by atomic mass is 32.2.